The minimum Gasteiger partial charge on any atom is -0.326 e. The van der Waals surface area contributed by atoms with Crippen molar-refractivity contribution >= 4 is 11.6 Å². The number of anilines is 1. The van der Waals surface area contributed by atoms with E-state index in [-0.39, 0.29) is 5.91 Å². The van der Waals surface area contributed by atoms with Crippen LogP contribution in [0.1, 0.15) is 23.1 Å². The maximum atomic E-state index is 11.8. The average molecular weight is 253 g/mol. The molecule has 2 aromatic rings. The second-order valence-corrected chi connectivity index (χ2v) is 4.90. The van der Waals surface area contributed by atoms with Crippen molar-refractivity contribution in [3.05, 3.63) is 65.2 Å². The molecule has 2 aromatic carbocycles. The molecule has 0 radical (unpaired) electrons. The minimum absolute atomic E-state index is 0.0597. The molecule has 0 saturated heterocycles. The topological polar surface area (TPSA) is 29.1 Å². The molecule has 0 heterocycles. The predicted octanol–water partition coefficient (Wildman–Crippen LogP) is 3.87. The quantitative estimate of drug-likeness (QED) is 0.880. The molecule has 0 atom stereocenters. The van der Waals surface area contributed by atoms with Crippen LogP contribution in [-0.4, -0.2) is 5.91 Å². The summed E-state index contributed by atoms with van der Waals surface area (Å²) in [5.41, 5.74) is 4.50. The van der Waals surface area contributed by atoms with Crippen molar-refractivity contribution in [2.24, 2.45) is 0 Å². The maximum Gasteiger partial charge on any atom is 0.224 e. The molecule has 2 heteroatoms. The summed E-state index contributed by atoms with van der Waals surface area (Å²) in [5, 5.41) is 2.91. The lowest BCUT2D eigenvalue weighted by molar-refractivity contribution is -0.116. The predicted molar refractivity (Wildman–Crippen MR) is 79.3 cm³/mol. The number of nitrogens with one attached hydrogen (secondary N) is 1. The standard InChI is InChI=1S/C17H19NO/c1-13-3-7-15(8-4-13)9-12-17(19)18-16-10-5-14(2)6-11-16/h3-8,10-11H,9,12H2,1-2H3,(H,18,19). The molecular weight excluding hydrogens is 234 g/mol. The molecule has 0 saturated carbocycles. The van der Waals surface area contributed by atoms with E-state index in [0.717, 1.165) is 12.1 Å². The zero-order valence-electron chi connectivity index (χ0n) is 11.4. The Kier molecular flexibility index (Phi) is 4.35. The van der Waals surface area contributed by atoms with Crippen LogP contribution >= 0.6 is 0 Å². The number of carbonyl (C=O) groups is 1. The van der Waals surface area contributed by atoms with Gasteiger partial charge in [0.1, 0.15) is 0 Å². The van der Waals surface area contributed by atoms with Gasteiger partial charge in [0, 0.05) is 12.1 Å². The van der Waals surface area contributed by atoms with Gasteiger partial charge in [-0.2, -0.15) is 0 Å². The summed E-state index contributed by atoms with van der Waals surface area (Å²) in [6.45, 7) is 4.09. The lowest BCUT2D eigenvalue weighted by Gasteiger charge is -2.06. The second-order valence-electron chi connectivity index (χ2n) is 4.90. The van der Waals surface area contributed by atoms with E-state index in [4.69, 9.17) is 0 Å². The first kappa shape index (κ1) is 13.3. The minimum atomic E-state index is 0.0597. The van der Waals surface area contributed by atoms with Crippen LogP contribution in [0, 0.1) is 13.8 Å². The monoisotopic (exact) mass is 253 g/mol. The van der Waals surface area contributed by atoms with E-state index in [1.807, 2.05) is 31.2 Å². The molecule has 98 valence electrons. The molecule has 0 aliphatic heterocycles. The number of aryl methyl sites for hydroxylation is 3. The Balaban J connectivity index is 1.84. The molecule has 0 unspecified atom stereocenters. The molecule has 0 aliphatic rings. The summed E-state index contributed by atoms with van der Waals surface area (Å²) in [6.07, 6.45) is 1.29. The molecule has 1 amide bonds. The molecule has 1 N–H and O–H groups in total. The van der Waals surface area contributed by atoms with Crippen molar-refractivity contribution in [1.29, 1.82) is 0 Å². The molecule has 2 rings (SSSR count). The summed E-state index contributed by atoms with van der Waals surface area (Å²) in [5.74, 6) is 0.0597. The van der Waals surface area contributed by atoms with Gasteiger partial charge in [-0.05, 0) is 38.0 Å². The Morgan fingerprint density at radius 1 is 0.895 bits per heavy atom. The van der Waals surface area contributed by atoms with Crippen LogP contribution in [0.4, 0.5) is 5.69 Å². The number of benzene rings is 2. The number of hydrogen-bond acceptors (Lipinski definition) is 1. The third-order valence-corrected chi connectivity index (χ3v) is 3.10. The van der Waals surface area contributed by atoms with E-state index in [0.29, 0.717) is 6.42 Å². The van der Waals surface area contributed by atoms with Crippen LogP contribution in [0.2, 0.25) is 0 Å². The summed E-state index contributed by atoms with van der Waals surface area (Å²) in [4.78, 5) is 11.8. The van der Waals surface area contributed by atoms with Crippen molar-refractivity contribution in [3.63, 3.8) is 0 Å². The summed E-state index contributed by atoms with van der Waals surface area (Å²) in [6, 6.07) is 16.2. The van der Waals surface area contributed by atoms with Crippen molar-refractivity contribution in [2.75, 3.05) is 5.32 Å². The maximum absolute atomic E-state index is 11.8. The van der Waals surface area contributed by atoms with Gasteiger partial charge in [-0.3, -0.25) is 4.79 Å². The van der Waals surface area contributed by atoms with Gasteiger partial charge in [-0.25, -0.2) is 0 Å². The van der Waals surface area contributed by atoms with Crippen LogP contribution in [-0.2, 0) is 11.2 Å². The van der Waals surface area contributed by atoms with Gasteiger partial charge < -0.3 is 5.32 Å². The van der Waals surface area contributed by atoms with Gasteiger partial charge in [0.25, 0.3) is 0 Å². The first-order valence-electron chi connectivity index (χ1n) is 6.55. The third-order valence-electron chi connectivity index (χ3n) is 3.10. The van der Waals surface area contributed by atoms with Gasteiger partial charge in [0.15, 0.2) is 0 Å². The van der Waals surface area contributed by atoms with Gasteiger partial charge in [0.05, 0.1) is 0 Å². The first-order valence-corrected chi connectivity index (χ1v) is 6.55. The van der Waals surface area contributed by atoms with Gasteiger partial charge in [-0.15, -0.1) is 0 Å². The first-order chi connectivity index (χ1) is 9.13. The fourth-order valence-corrected chi connectivity index (χ4v) is 1.87. The highest BCUT2D eigenvalue weighted by Gasteiger charge is 2.03. The molecule has 0 aromatic heterocycles. The van der Waals surface area contributed by atoms with Crippen LogP contribution < -0.4 is 5.32 Å². The van der Waals surface area contributed by atoms with Crippen LogP contribution in [0.15, 0.2) is 48.5 Å². The van der Waals surface area contributed by atoms with Crippen LogP contribution in [0.5, 0.6) is 0 Å². The zero-order valence-corrected chi connectivity index (χ0v) is 11.4. The Morgan fingerprint density at radius 3 is 2.00 bits per heavy atom. The third kappa shape index (κ3) is 4.25. The molecule has 0 spiro atoms. The molecule has 0 fully saturated rings. The Labute approximate surface area is 114 Å². The van der Waals surface area contributed by atoms with Gasteiger partial charge in [0.2, 0.25) is 5.91 Å². The molecular formula is C17H19NO. The Bertz CT molecular complexity index is 540. The lowest BCUT2D eigenvalue weighted by Crippen LogP contribution is -2.12. The Hall–Kier alpha value is -2.09. The van der Waals surface area contributed by atoms with Crippen molar-refractivity contribution in [1.82, 2.24) is 0 Å². The average Bonchev–Trinajstić information content (AvgIpc) is 2.41. The van der Waals surface area contributed by atoms with E-state index in [1.165, 1.54) is 16.7 Å². The van der Waals surface area contributed by atoms with E-state index in [9.17, 15) is 4.79 Å². The summed E-state index contributed by atoms with van der Waals surface area (Å²) < 4.78 is 0. The fraction of sp³-hybridized carbons (Fsp3) is 0.235. The Morgan fingerprint density at radius 2 is 1.42 bits per heavy atom. The number of rotatable bonds is 4. The van der Waals surface area contributed by atoms with Gasteiger partial charge in [-0.1, -0.05) is 47.5 Å². The van der Waals surface area contributed by atoms with Crippen LogP contribution in [0.25, 0.3) is 0 Å². The highest BCUT2D eigenvalue weighted by molar-refractivity contribution is 5.90. The zero-order chi connectivity index (χ0) is 13.7. The summed E-state index contributed by atoms with van der Waals surface area (Å²) in [7, 11) is 0. The fourth-order valence-electron chi connectivity index (χ4n) is 1.87. The molecule has 0 bridgehead atoms. The smallest absolute Gasteiger partial charge is 0.224 e. The number of carbonyl (C=O) groups excluding carboxylic acids is 1. The van der Waals surface area contributed by atoms with E-state index in [2.05, 4.69) is 36.5 Å². The molecule has 19 heavy (non-hydrogen) atoms. The van der Waals surface area contributed by atoms with Crippen molar-refractivity contribution in [2.45, 2.75) is 26.7 Å². The second kappa shape index (κ2) is 6.19. The highest BCUT2D eigenvalue weighted by atomic mass is 16.1. The number of hydrogen-bond donors (Lipinski definition) is 1. The molecule has 0 aliphatic carbocycles. The van der Waals surface area contributed by atoms with E-state index in [1.54, 1.807) is 0 Å². The highest BCUT2D eigenvalue weighted by Crippen LogP contribution is 2.10. The molecule has 2 nitrogen and oxygen atoms in total. The SMILES string of the molecule is Cc1ccc(CCC(=O)Nc2ccc(C)cc2)cc1. The van der Waals surface area contributed by atoms with E-state index >= 15 is 0 Å². The van der Waals surface area contributed by atoms with E-state index < -0.39 is 0 Å². The van der Waals surface area contributed by atoms with Crippen molar-refractivity contribution < 1.29 is 4.79 Å². The lowest BCUT2D eigenvalue weighted by atomic mass is 10.1. The number of amides is 1. The van der Waals surface area contributed by atoms with Crippen LogP contribution in [0.3, 0.4) is 0 Å². The van der Waals surface area contributed by atoms with Crippen molar-refractivity contribution in [3.8, 4) is 0 Å². The summed E-state index contributed by atoms with van der Waals surface area (Å²) >= 11 is 0. The van der Waals surface area contributed by atoms with Gasteiger partial charge >= 0.3 is 0 Å². The normalized spacial score (nSPS) is 10.2. The largest absolute Gasteiger partial charge is 0.326 e.